The summed E-state index contributed by atoms with van der Waals surface area (Å²) < 4.78 is 7.89. The van der Waals surface area contributed by atoms with Crippen LogP contribution in [0.25, 0.3) is 11.0 Å². The van der Waals surface area contributed by atoms with E-state index >= 15 is 0 Å². The first-order valence-electron chi connectivity index (χ1n) is 10.0. The van der Waals surface area contributed by atoms with E-state index in [4.69, 9.17) is 9.72 Å². The van der Waals surface area contributed by atoms with E-state index in [0.29, 0.717) is 5.75 Å². The summed E-state index contributed by atoms with van der Waals surface area (Å²) in [5.41, 5.74) is 4.08. The number of carbonyl (C=O) groups is 1. The molecule has 0 radical (unpaired) electrons. The van der Waals surface area contributed by atoms with Crippen LogP contribution < -0.4 is 10.1 Å². The van der Waals surface area contributed by atoms with Crippen LogP contribution in [-0.2, 0) is 23.3 Å². The van der Waals surface area contributed by atoms with Gasteiger partial charge in [0.1, 0.15) is 11.6 Å². The average Bonchev–Trinajstić information content (AvgIpc) is 3.02. The van der Waals surface area contributed by atoms with Crippen LogP contribution >= 0.6 is 0 Å². The number of nitrogens with zero attached hydrogens (tertiary/aromatic N) is 3. The maximum Gasteiger partial charge on any atom is 0.262 e. The second kappa shape index (κ2) is 7.52. The third-order valence-corrected chi connectivity index (χ3v) is 5.32. The third kappa shape index (κ3) is 4.27. The zero-order valence-electron chi connectivity index (χ0n) is 17.5. The van der Waals surface area contributed by atoms with E-state index in [0.717, 1.165) is 42.2 Å². The molecule has 29 heavy (non-hydrogen) atoms. The molecule has 0 bridgehead atoms. The number of hydrogen-bond acceptors (Lipinski definition) is 4. The van der Waals surface area contributed by atoms with Gasteiger partial charge in [-0.25, -0.2) is 4.98 Å². The number of aromatic nitrogens is 2. The van der Waals surface area contributed by atoms with E-state index in [9.17, 15) is 4.79 Å². The number of benzene rings is 2. The van der Waals surface area contributed by atoms with Crippen LogP contribution in [-0.4, -0.2) is 40.6 Å². The Morgan fingerprint density at radius 2 is 1.90 bits per heavy atom. The van der Waals surface area contributed by atoms with Gasteiger partial charge in [-0.05, 0) is 48.4 Å². The standard InChI is InChI=1S/C23H28N4O2/c1-23(2,3)16-5-8-18(9-6-16)29-15-22(28)24-17-7-10-20-19(13-17)25-21-14-26(4)11-12-27(20)21/h5-10,13H,11-12,14-15H2,1-4H3,(H,24,28). The fraction of sp³-hybridized carbons (Fsp3) is 0.391. The first-order chi connectivity index (χ1) is 13.8. The SMILES string of the molecule is CN1CCn2c(nc3cc(NC(=O)COc4ccc(C(C)(C)C)cc4)ccc32)C1. The fourth-order valence-corrected chi connectivity index (χ4v) is 3.62. The molecular weight excluding hydrogens is 364 g/mol. The predicted octanol–water partition coefficient (Wildman–Crippen LogP) is 3.80. The summed E-state index contributed by atoms with van der Waals surface area (Å²) in [6.07, 6.45) is 0. The molecule has 6 nitrogen and oxygen atoms in total. The van der Waals surface area contributed by atoms with Crippen molar-refractivity contribution in [3.63, 3.8) is 0 Å². The van der Waals surface area contributed by atoms with E-state index in [1.165, 1.54) is 5.56 Å². The van der Waals surface area contributed by atoms with Crippen molar-refractivity contribution in [2.75, 3.05) is 25.5 Å². The van der Waals surface area contributed by atoms with Crippen molar-refractivity contribution in [1.29, 1.82) is 0 Å². The first kappa shape index (κ1) is 19.5. The Morgan fingerprint density at radius 3 is 2.62 bits per heavy atom. The van der Waals surface area contributed by atoms with Crippen LogP contribution in [0.3, 0.4) is 0 Å². The lowest BCUT2D eigenvalue weighted by molar-refractivity contribution is -0.118. The second-order valence-corrected chi connectivity index (χ2v) is 8.73. The topological polar surface area (TPSA) is 59.4 Å². The van der Waals surface area contributed by atoms with Gasteiger partial charge in [-0.3, -0.25) is 9.69 Å². The molecule has 0 saturated carbocycles. The van der Waals surface area contributed by atoms with E-state index in [-0.39, 0.29) is 17.9 Å². The maximum atomic E-state index is 12.3. The largest absolute Gasteiger partial charge is 0.484 e. The molecule has 0 spiro atoms. The van der Waals surface area contributed by atoms with Crippen molar-refractivity contribution in [1.82, 2.24) is 14.5 Å². The summed E-state index contributed by atoms with van der Waals surface area (Å²) >= 11 is 0. The van der Waals surface area contributed by atoms with Gasteiger partial charge in [0.2, 0.25) is 0 Å². The Bertz CT molecular complexity index is 1030. The molecule has 1 N–H and O–H groups in total. The highest BCUT2D eigenvalue weighted by atomic mass is 16.5. The van der Waals surface area contributed by atoms with Gasteiger partial charge in [0.05, 0.1) is 17.6 Å². The van der Waals surface area contributed by atoms with E-state index in [1.54, 1.807) is 0 Å². The van der Waals surface area contributed by atoms with Gasteiger partial charge in [-0.1, -0.05) is 32.9 Å². The molecule has 2 aromatic carbocycles. The molecule has 0 fully saturated rings. The summed E-state index contributed by atoms with van der Waals surface area (Å²) in [7, 11) is 2.10. The molecule has 1 aliphatic rings. The Hall–Kier alpha value is -2.86. The normalized spacial score (nSPS) is 14.6. The molecule has 0 atom stereocenters. The molecule has 6 heteroatoms. The van der Waals surface area contributed by atoms with Crippen molar-refractivity contribution in [2.24, 2.45) is 0 Å². The van der Waals surface area contributed by atoms with Crippen molar-refractivity contribution in [2.45, 2.75) is 39.3 Å². The molecule has 0 saturated heterocycles. The van der Waals surface area contributed by atoms with Gasteiger partial charge >= 0.3 is 0 Å². The Kier molecular flexibility index (Phi) is 5.04. The zero-order chi connectivity index (χ0) is 20.6. The number of nitrogens with one attached hydrogen (secondary N) is 1. The number of amides is 1. The molecule has 152 valence electrons. The summed E-state index contributed by atoms with van der Waals surface area (Å²) in [6.45, 7) is 9.28. The van der Waals surface area contributed by atoms with Crippen LogP contribution in [0.15, 0.2) is 42.5 Å². The molecule has 3 aromatic rings. The smallest absolute Gasteiger partial charge is 0.262 e. The minimum absolute atomic E-state index is 0.0304. The predicted molar refractivity (Wildman–Crippen MR) is 115 cm³/mol. The highest BCUT2D eigenvalue weighted by molar-refractivity contribution is 5.94. The lowest BCUT2D eigenvalue weighted by Gasteiger charge is -2.23. The van der Waals surface area contributed by atoms with Crippen LogP contribution in [0.5, 0.6) is 5.75 Å². The number of anilines is 1. The van der Waals surface area contributed by atoms with Gasteiger partial charge in [0.25, 0.3) is 5.91 Å². The minimum Gasteiger partial charge on any atom is -0.484 e. The first-order valence-corrected chi connectivity index (χ1v) is 10.0. The summed E-state index contributed by atoms with van der Waals surface area (Å²) in [4.78, 5) is 19.3. The van der Waals surface area contributed by atoms with Crippen LogP contribution in [0, 0.1) is 0 Å². The molecule has 1 aromatic heterocycles. The minimum atomic E-state index is -0.187. The van der Waals surface area contributed by atoms with Crippen molar-refractivity contribution in [3.8, 4) is 5.75 Å². The second-order valence-electron chi connectivity index (χ2n) is 8.73. The number of carbonyl (C=O) groups excluding carboxylic acids is 1. The van der Waals surface area contributed by atoms with Gasteiger partial charge < -0.3 is 14.6 Å². The van der Waals surface area contributed by atoms with E-state index in [1.807, 2.05) is 42.5 Å². The summed E-state index contributed by atoms with van der Waals surface area (Å²) in [6, 6.07) is 13.8. The van der Waals surface area contributed by atoms with Gasteiger partial charge in [-0.15, -0.1) is 0 Å². The number of hydrogen-bond donors (Lipinski definition) is 1. The van der Waals surface area contributed by atoms with Gasteiger partial charge in [0, 0.05) is 18.8 Å². The van der Waals surface area contributed by atoms with E-state index < -0.39 is 0 Å². The molecule has 4 rings (SSSR count). The lowest BCUT2D eigenvalue weighted by atomic mass is 9.87. The van der Waals surface area contributed by atoms with Crippen molar-refractivity contribution < 1.29 is 9.53 Å². The number of ether oxygens (including phenoxy) is 1. The quantitative estimate of drug-likeness (QED) is 0.734. The van der Waals surface area contributed by atoms with Crippen molar-refractivity contribution in [3.05, 3.63) is 53.9 Å². The van der Waals surface area contributed by atoms with Gasteiger partial charge in [-0.2, -0.15) is 0 Å². The number of imidazole rings is 1. The third-order valence-electron chi connectivity index (χ3n) is 5.32. The number of likely N-dealkylation sites (N-methyl/N-ethyl adjacent to an activating group) is 1. The lowest BCUT2D eigenvalue weighted by Crippen LogP contribution is -2.30. The van der Waals surface area contributed by atoms with Crippen LogP contribution in [0.1, 0.15) is 32.2 Å². The van der Waals surface area contributed by atoms with E-state index in [2.05, 4.69) is 42.6 Å². The molecule has 0 aliphatic carbocycles. The highest BCUT2D eigenvalue weighted by Crippen LogP contribution is 2.25. The monoisotopic (exact) mass is 392 g/mol. The zero-order valence-corrected chi connectivity index (χ0v) is 17.5. The van der Waals surface area contributed by atoms with Crippen LogP contribution in [0.2, 0.25) is 0 Å². The molecular formula is C23H28N4O2. The summed E-state index contributed by atoms with van der Waals surface area (Å²) in [5.74, 6) is 1.57. The molecule has 1 aliphatic heterocycles. The summed E-state index contributed by atoms with van der Waals surface area (Å²) in [5, 5.41) is 2.91. The molecule has 0 unspecified atom stereocenters. The molecule has 1 amide bonds. The Labute approximate surface area is 171 Å². The number of fused-ring (bicyclic) bond motifs is 3. The van der Waals surface area contributed by atoms with Crippen LogP contribution in [0.4, 0.5) is 5.69 Å². The van der Waals surface area contributed by atoms with Gasteiger partial charge in [0.15, 0.2) is 6.61 Å². The average molecular weight is 393 g/mol. The maximum absolute atomic E-state index is 12.3. The van der Waals surface area contributed by atoms with Crippen molar-refractivity contribution >= 4 is 22.6 Å². The fourth-order valence-electron chi connectivity index (χ4n) is 3.62. The number of rotatable bonds is 4. The highest BCUT2D eigenvalue weighted by Gasteiger charge is 2.18. The Balaban J connectivity index is 1.39. The molecule has 2 heterocycles. The Morgan fingerprint density at radius 1 is 1.14 bits per heavy atom.